The molecule has 0 aliphatic rings. The molecule has 1 aromatic heterocycles. The zero-order chi connectivity index (χ0) is 12.7. The van der Waals surface area contributed by atoms with Crippen molar-refractivity contribution >= 4 is 5.91 Å². The molecule has 1 rings (SSSR count). The van der Waals surface area contributed by atoms with E-state index in [-0.39, 0.29) is 5.91 Å². The van der Waals surface area contributed by atoms with E-state index in [1.165, 1.54) is 0 Å². The smallest absolute Gasteiger partial charge is 0.249 e. The predicted molar refractivity (Wildman–Crippen MR) is 63.7 cm³/mol. The highest BCUT2D eigenvalue weighted by Gasteiger charge is 2.11. The van der Waals surface area contributed by atoms with Gasteiger partial charge < -0.3 is 14.8 Å². The van der Waals surface area contributed by atoms with Gasteiger partial charge in [-0.05, 0) is 25.5 Å². The van der Waals surface area contributed by atoms with E-state index in [9.17, 15) is 4.79 Å². The second-order valence-corrected chi connectivity index (χ2v) is 3.52. The second kappa shape index (κ2) is 6.85. The maximum atomic E-state index is 11.6. The van der Waals surface area contributed by atoms with E-state index in [2.05, 4.69) is 10.3 Å². The van der Waals surface area contributed by atoms with Gasteiger partial charge >= 0.3 is 0 Å². The molecule has 0 radical (unpaired) electrons. The summed E-state index contributed by atoms with van der Waals surface area (Å²) in [7, 11) is 1.56. The van der Waals surface area contributed by atoms with E-state index in [0.29, 0.717) is 19.0 Å². The number of aromatic nitrogens is 1. The van der Waals surface area contributed by atoms with Crippen LogP contribution < -0.4 is 10.1 Å². The van der Waals surface area contributed by atoms with Crippen molar-refractivity contribution in [2.75, 3.05) is 13.7 Å². The van der Waals surface area contributed by atoms with Gasteiger partial charge in [0.15, 0.2) is 0 Å². The minimum Gasteiger partial charge on any atom is -0.481 e. The van der Waals surface area contributed by atoms with Gasteiger partial charge in [-0.1, -0.05) is 0 Å². The number of carbonyl (C=O) groups is 1. The van der Waals surface area contributed by atoms with Gasteiger partial charge in [-0.2, -0.15) is 0 Å². The molecule has 17 heavy (non-hydrogen) atoms. The average Bonchev–Trinajstić information content (AvgIpc) is 2.36. The van der Waals surface area contributed by atoms with Crippen molar-refractivity contribution in [3.8, 4) is 5.88 Å². The van der Waals surface area contributed by atoms with E-state index < -0.39 is 6.10 Å². The summed E-state index contributed by atoms with van der Waals surface area (Å²) in [4.78, 5) is 15.6. The zero-order valence-electron chi connectivity index (χ0n) is 10.4. The Bertz CT molecular complexity index is 369. The summed E-state index contributed by atoms with van der Waals surface area (Å²) >= 11 is 0. The number of hydrogen-bond donors (Lipinski definition) is 1. The lowest BCUT2D eigenvalue weighted by atomic mass is 10.2. The van der Waals surface area contributed by atoms with E-state index in [0.717, 1.165) is 5.56 Å². The molecule has 5 heteroatoms. The van der Waals surface area contributed by atoms with Crippen LogP contribution in [0.2, 0.25) is 0 Å². The normalized spacial score (nSPS) is 11.9. The van der Waals surface area contributed by atoms with Gasteiger partial charge in [0.1, 0.15) is 6.10 Å². The molecule has 1 amide bonds. The molecular weight excluding hydrogens is 220 g/mol. The third-order valence-electron chi connectivity index (χ3n) is 2.26. The molecular formula is C12H18N2O3. The first kappa shape index (κ1) is 13.4. The molecule has 0 bridgehead atoms. The predicted octanol–water partition coefficient (Wildman–Crippen LogP) is 1.13. The maximum Gasteiger partial charge on any atom is 0.249 e. The van der Waals surface area contributed by atoms with Gasteiger partial charge in [0, 0.05) is 25.4 Å². The van der Waals surface area contributed by atoms with E-state index >= 15 is 0 Å². The van der Waals surface area contributed by atoms with Crippen LogP contribution in [0.1, 0.15) is 19.4 Å². The summed E-state index contributed by atoms with van der Waals surface area (Å²) in [5, 5.41) is 2.79. The van der Waals surface area contributed by atoms with Crippen LogP contribution in [0.3, 0.4) is 0 Å². The number of carbonyl (C=O) groups excluding carboxylic acids is 1. The van der Waals surface area contributed by atoms with Crippen molar-refractivity contribution in [3.63, 3.8) is 0 Å². The van der Waals surface area contributed by atoms with Gasteiger partial charge in [0.05, 0.1) is 7.11 Å². The zero-order valence-corrected chi connectivity index (χ0v) is 10.4. The maximum absolute atomic E-state index is 11.6. The number of rotatable bonds is 6. The van der Waals surface area contributed by atoms with Crippen LogP contribution in [0.4, 0.5) is 0 Å². The number of methoxy groups -OCH3 is 1. The van der Waals surface area contributed by atoms with Gasteiger partial charge in [0.2, 0.25) is 11.8 Å². The van der Waals surface area contributed by atoms with E-state index in [4.69, 9.17) is 9.47 Å². The molecule has 94 valence electrons. The van der Waals surface area contributed by atoms with E-state index in [1.54, 1.807) is 26.3 Å². The summed E-state index contributed by atoms with van der Waals surface area (Å²) in [6.07, 6.45) is 1.22. The third kappa shape index (κ3) is 4.40. The molecule has 0 aliphatic heterocycles. The van der Waals surface area contributed by atoms with Gasteiger partial charge in [0.25, 0.3) is 0 Å². The van der Waals surface area contributed by atoms with Crippen LogP contribution in [0.5, 0.6) is 5.88 Å². The summed E-state index contributed by atoms with van der Waals surface area (Å²) in [6.45, 7) is 4.55. The van der Waals surface area contributed by atoms with Gasteiger partial charge in [-0.25, -0.2) is 4.98 Å². The van der Waals surface area contributed by atoms with Crippen LogP contribution in [-0.4, -0.2) is 30.7 Å². The molecule has 0 fully saturated rings. The molecule has 0 aromatic carbocycles. The number of nitrogens with zero attached hydrogens (tertiary/aromatic N) is 1. The lowest BCUT2D eigenvalue weighted by molar-refractivity contribution is -0.131. The average molecular weight is 238 g/mol. The van der Waals surface area contributed by atoms with Crippen molar-refractivity contribution in [1.29, 1.82) is 0 Å². The molecule has 5 nitrogen and oxygen atoms in total. The quantitative estimate of drug-likeness (QED) is 0.807. The fourth-order valence-corrected chi connectivity index (χ4v) is 1.33. The molecule has 1 N–H and O–H groups in total. The number of nitrogens with one attached hydrogen (secondary N) is 1. The van der Waals surface area contributed by atoms with Crippen molar-refractivity contribution in [3.05, 3.63) is 23.9 Å². The lowest BCUT2D eigenvalue weighted by Crippen LogP contribution is -2.34. The summed E-state index contributed by atoms with van der Waals surface area (Å²) < 4.78 is 10.2. The summed E-state index contributed by atoms with van der Waals surface area (Å²) in [5.41, 5.74) is 0.939. The largest absolute Gasteiger partial charge is 0.481 e. The summed E-state index contributed by atoms with van der Waals surface area (Å²) in [5.74, 6) is 0.414. The highest BCUT2D eigenvalue weighted by molar-refractivity contribution is 5.80. The number of pyridine rings is 1. The molecule has 0 spiro atoms. The highest BCUT2D eigenvalue weighted by atomic mass is 16.5. The van der Waals surface area contributed by atoms with Crippen molar-refractivity contribution in [2.24, 2.45) is 0 Å². The minimum absolute atomic E-state index is 0.123. The Morgan fingerprint density at radius 2 is 2.35 bits per heavy atom. The van der Waals surface area contributed by atoms with Gasteiger partial charge in [-0.15, -0.1) is 0 Å². The second-order valence-electron chi connectivity index (χ2n) is 3.52. The van der Waals surface area contributed by atoms with Crippen LogP contribution in [-0.2, 0) is 16.1 Å². The summed E-state index contributed by atoms with van der Waals surface area (Å²) in [6, 6.07) is 3.61. The van der Waals surface area contributed by atoms with Crippen LogP contribution in [0, 0.1) is 0 Å². The molecule has 1 aromatic rings. The Kier molecular flexibility index (Phi) is 5.42. The van der Waals surface area contributed by atoms with E-state index in [1.807, 2.05) is 13.0 Å². The molecule has 1 heterocycles. The lowest BCUT2D eigenvalue weighted by Gasteiger charge is -2.12. The third-order valence-corrected chi connectivity index (χ3v) is 2.26. The Morgan fingerprint density at radius 3 is 3.00 bits per heavy atom. The molecule has 0 aliphatic carbocycles. The van der Waals surface area contributed by atoms with Crippen molar-refractivity contribution in [2.45, 2.75) is 26.5 Å². The molecule has 0 saturated heterocycles. The highest BCUT2D eigenvalue weighted by Crippen LogP contribution is 2.08. The molecule has 0 saturated carbocycles. The number of hydrogen-bond acceptors (Lipinski definition) is 4. The van der Waals surface area contributed by atoms with Gasteiger partial charge in [-0.3, -0.25) is 4.79 Å². The first-order valence-corrected chi connectivity index (χ1v) is 5.55. The Hall–Kier alpha value is -1.62. The first-order valence-electron chi connectivity index (χ1n) is 5.55. The van der Waals surface area contributed by atoms with Crippen molar-refractivity contribution < 1.29 is 14.3 Å². The topological polar surface area (TPSA) is 60.5 Å². The van der Waals surface area contributed by atoms with Crippen LogP contribution in [0.25, 0.3) is 0 Å². The molecule has 1 atom stereocenters. The minimum atomic E-state index is -0.427. The Balaban J connectivity index is 2.46. The first-order chi connectivity index (χ1) is 8.17. The number of amides is 1. The fourth-order valence-electron chi connectivity index (χ4n) is 1.33. The fraction of sp³-hybridized carbons (Fsp3) is 0.500. The monoisotopic (exact) mass is 238 g/mol. The number of ether oxygens (including phenoxy) is 2. The molecule has 0 unspecified atom stereocenters. The van der Waals surface area contributed by atoms with Crippen LogP contribution >= 0.6 is 0 Å². The Morgan fingerprint density at radius 1 is 1.59 bits per heavy atom. The van der Waals surface area contributed by atoms with Crippen LogP contribution in [0.15, 0.2) is 18.3 Å². The SMILES string of the molecule is CCO[C@H](C)C(=O)NCc1ccnc(OC)c1. The standard InChI is InChI=1S/C12H18N2O3/c1-4-17-9(2)12(15)14-8-10-5-6-13-11(7-10)16-3/h5-7,9H,4,8H2,1-3H3,(H,14,15)/t9-/m1/s1. The van der Waals surface area contributed by atoms with Crippen molar-refractivity contribution in [1.82, 2.24) is 10.3 Å². The Labute approximate surface area is 101 Å².